The van der Waals surface area contributed by atoms with Gasteiger partial charge in [0.15, 0.2) is 0 Å². The Labute approximate surface area is 80.7 Å². The Balaban J connectivity index is 3.81. The van der Waals surface area contributed by atoms with Crippen molar-refractivity contribution in [1.82, 2.24) is 0 Å². The van der Waals surface area contributed by atoms with Crippen LogP contribution in [0.25, 0.3) is 0 Å². The molecule has 1 atom stereocenters. The molecule has 0 saturated heterocycles. The Hall–Kier alpha value is -0.660. The lowest BCUT2D eigenvalue weighted by Crippen LogP contribution is -2.14. The van der Waals surface area contributed by atoms with E-state index in [1.54, 1.807) is 13.8 Å². The maximum atomic E-state index is 11.1. The molecule has 0 aliphatic heterocycles. The highest BCUT2D eigenvalue weighted by atomic mass is 16.1. The van der Waals surface area contributed by atoms with E-state index in [1.165, 1.54) is 0 Å². The Bertz CT molecular complexity index is 173. The zero-order valence-corrected chi connectivity index (χ0v) is 8.93. The summed E-state index contributed by atoms with van der Waals surface area (Å²) in [5.41, 5.74) is 0. The maximum Gasteiger partial charge on any atom is 0.133 e. The smallest absolute Gasteiger partial charge is 0.133 e. The summed E-state index contributed by atoms with van der Waals surface area (Å²) in [5.74, 6) is 0.257. The Morgan fingerprint density at radius 3 is 2.15 bits per heavy atom. The summed E-state index contributed by atoms with van der Waals surface area (Å²) in [4.78, 5) is 22.0. The molecule has 1 unspecified atom stereocenters. The van der Waals surface area contributed by atoms with Crippen molar-refractivity contribution in [3.63, 3.8) is 0 Å². The number of rotatable bonds is 7. The SMILES string of the molecule is CCCCCC(CC(C)=O)C(C)=O. The molecule has 0 spiro atoms. The zero-order chi connectivity index (χ0) is 10.3. The molecule has 13 heavy (non-hydrogen) atoms. The van der Waals surface area contributed by atoms with E-state index in [9.17, 15) is 9.59 Å². The van der Waals surface area contributed by atoms with Crippen molar-refractivity contribution < 1.29 is 9.59 Å². The van der Waals surface area contributed by atoms with Crippen LogP contribution in [0, 0.1) is 5.92 Å². The molecule has 0 amide bonds. The number of Topliss-reactive ketones (excluding diaryl/α,β-unsaturated/α-hetero) is 2. The van der Waals surface area contributed by atoms with Gasteiger partial charge in [-0.15, -0.1) is 0 Å². The predicted molar refractivity (Wildman–Crippen MR) is 53.6 cm³/mol. The molecule has 2 heteroatoms. The van der Waals surface area contributed by atoms with Crippen LogP contribution in [0.15, 0.2) is 0 Å². The standard InChI is InChI=1S/C11H20O2/c1-4-5-6-7-11(10(3)13)8-9(2)12/h11H,4-8H2,1-3H3. The molecule has 0 aliphatic carbocycles. The zero-order valence-electron chi connectivity index (χ0n) is 8.93. The average Bonchev–Trinajstić information content (AvgIpc) is 2.02. The largest absolute Gasteiger partial charge is 0.300 e. The van der Waals surface area contributed by atoms with E-state index in [2.05, 4.69) is 6.92 Å². The van der Waals surface area contributed by atoms with Gasteiger partial charge in [0, 0.05) is 12.3 Å². The number of carbonyl (C=O) groups excluding carboxylic acids is 2. The summed E-state index contributed by atoms with van der Waals surface area (Å²) in [6.45, 7) is 5.27. The number of hydrogen-bond acceptors (Lipinski definition) is 2. The molecule has 0 aliphatic rings. The Morgan fingerprint density at radius 1 is 1.15 bits per heavy atom. The molecule has 0 heterocycles. The second kappa shape index (κ2) is 6.81. The van der Waals surface area contributed by atoms with Gasteiger partial charge in [-0.05, 0) is 20.3 Å². The van der Waals surface area contributed by atoms with E-state index in [-0.39, 0.29) is 17.5 Å². The van der Waals surface area contributed by atoms with Gasteiger partial charge in [0.2, 0.25) is 0 Å². The van der Waals surface area contributed by atoms with Crippen molar-refractivity contribution in [2.45, 2.75) is 52.9 Å². The molecular weight excluding hydrogens is 164 g/mol. The minimum atomic E-state index is -0.0240. The highest BCUT2D eigenvalue weighted by Gasteiger charge is 2.15. The fraction of sp³-hybridized carbons (Fsp3) is 0.818. The van der Waals surface area contributed by atoms with E-state index in [1.807, 2.05) is 0 Å². The first kappa shape index (κ1) is 12.3. The third kappa shape index (κ3) is 6.50. The summed E-state index contributed by atoms with van der Waals surface area (Å²) in [5, 5.41) is 0. The molecule has 0 aromatic rings. The predicted octanol–water partition coefficient (Wildman–Crippen LogP) is 2.75. The minimum absolute atomic E-state index is 0.0240. The highest BCUT2D eigenvalue weighted by molar-refractivity contribution is 5.85. The van der Waals surface area contributed by atoms with Crippen molar-refractivity contribution in [2.75, 3.05) is 0 Å². The molecule has 0 bridgehead atoms. The lowest BCUT2D eigenvalue weighted by molar-refractivity contribution is -0.126. The van der Waals surface area contributed by atoms with Gasteiger partial charge in [0.1, 0.15) is 11.6 Å². The van der Waals surface area contributed by atoms with Crippen LogP contribution in [0.5, 0.6) is 0 Å². The summed E-state index contributed by atoms with van der Waals surface area (Å²) in [6, 6.07) is 0. The van der Waals surface area contributed by atoms with Crippen molar-refractivity contribution in [2.24, 2.45) is 5.92 Å². The van der Waals surface area contributed by atoms with E-state index in [4.69, 9.17) is 0 Å². The van der Waals surface area contributed by atoms with Gasteiger partial charge in [-0.2, -0.15) is 0 Å². The molecule has 0 N–H and O–H groups in total. The lowest BCUT2D eigenvalue weighted by atomic mass is 9.93. The molecule has 0 fully saturated rings. The van der Waals surface area contributed by atoms with Gasteiger partial charge in [0.05, 0.1) is 0 Å². The van der Waals surface area contributed by atoms with Gasteiger partial charge < -0.3 is 4.79 Å². The average molecular weight is 184 g/mol. The molecule has 76 valence electrons. The fourth-order valence-corrected chi connectivity index (χ4v) is 1.44. The van der Waals surface area contributed by atoms with Gasteiger partial charge in [0.25, 0.3) is 0 Å². The van der Waals surface area contributed by atoms with Gasteiger partial charge in [-0.25, -0.2) is 0 Å². The van der Waals surface area contributed by atoms with Gasteiger partial charge in [-0.1, -0.05) is 26.2 Å². The third-order valence-corrected chi connectivity index (χ3v) is 2.26. The van der Waals surface area contributed by atoms with Crippen molar-refractivity contribution in [1.29, 1.82) is 0 Å². The van der Waals surface area contributed by atoms with Crippen molar-refractivity contribution in [3.05, 3.63) is 0 Å². The van der Waals surface area contributed by atoms with Crippen LogP contribution < -0.4 is 0 Å². The van der Waals surface area contributed by atoms with Crippen LogP contribution in [-0.2, 0) is 9.59 Å². The maximum absolute atomic E-state index is 11.1. The van der Waals surface area contributed by atoms with E-state index in [0.29, 0.717) is 6.42 Å². The minimum Gasteiger partial charge on any atom is -0.300 e. The van der Waals surface area contributed by atoms with Crippen molar-refractivity contribution in [3.8, 4) is 0 Å². The normalized spacial score (nSPS) is 12.5. The lowest BCUT2D eigenvalue weighted by Gasteiger charge is -2.10. The molecule has 2 nitrogen and oxygen atoms in total. The van der Waals surface area contributed by atoms with Crippen molar-refractivity contribution >= 4 is 11.6 Å². The summed E-state index contributed by atoms with van der Waals surface area (Å²) in [7, 11) is 0. The van der Waals surface area contributed by atoms with Gasteiger partial charge in [-0.3, -0.25) is 4.79 Å². The number of unbranched alkanes of at least 4 members (excludes halogenated alkanes) is 2. The van der Waals surface area contributed by atoms with Crippen LogP contribution in [0.1, 0.15) is 52.9 Å². The van der Waals surface area contributed by atoms with Crippen LogP contribution >= 0.6 is 0 Å². The molecule has 0 radical (unpaired) electrons. The third-order valence-electron chi connectivity index (χ3n) is 2.26. The first-order chi connectivity index (χ1) is 6.07. The molecule has 0 aromatic heterocycles. The topological polar surface area (TPSA) is 34.1 Å². The van der Waals surface area contributed by atoms with E-state index < -0.39 is 0 Å². The highest BCUT2D eigenvalue weighted by Crippen LogP contribution is 2.15. The first-order valence-corrected chi connectivity index (χ1v) is 5.07. The number of hydrogen-bond donors (Lipinski definition) is 0. The molecular formula is C11H20O2. The van der Waals surface area contributed by atoms with Crippen LogP contribution in [0.3, 0.4) is 0 Å². The van der Waals surface area contributed by atoms with Crippen LogP contribution in [-0.4, -0.2) is 11.6 Å². The van der Waals surface area contributed by atoms with Gasteiger partial charge >= 0.3 is 0 Å². The first-order valence-electron chi connectivity index (χ1n) is 5.07. The number of ketones is 2. The van der Waals surface area contributed by atoms with Crippen LogP contribution in [0.2, 0.25) is 0 Å². The van der Waals surface area contributed by atoms with Crippen LogP contribution in [0.4, 0.5) is 0 Å². The summed E-state index contributed by atoms with van der Waals surface area (Å²) >= 11 is 0. The van der Waals surface area contributed by atoms with E-state index in [0.717, 1.165) is 25.7 Å². The van der Waals surface area contributed by atoms with E-state index >= 15 is 0 Å². The summed E-state index contributed by atoms with van der Waals surface area (Å²) < 4.78 is 0. The fourth-order valence-electron chi connectivity index (χ4n) is 1.44. The second-order valence-corrected chi connectivity index (χ2v) is 3.71. The number of carbonyl (C=O) groups is 2. The second-order valence-electron chi connectivity index (χ2n) is 3.71. The molecule has 0 rings (SSSR count). The molecule has 0 aromatic carbocycles. The summed E-state index contributed by atoms with van der Waals surface area (Å²) in [6.07, 6.45) is 4.68. The Morgan fingerprint density at radius 2 is 1.77 bits per heavy atom. The quantitative estimate of drug-likeness (QED) is 0.570. The monoisotopic (exact) mass is 184 g/mol. The Kier molecular flexibility index (Phi) is 6.47. The molecule has 0 saturated carbocycles.